The van der Waals surface area contributed by atoms with Crippen molar-refractivity contribution in [2.45, 2.75) is 6.10 Å². The van der Waals surface area contributed by atoms with Gasteiger partial charge in [-0.1, -0.05) is 29.8 Å². The average molecular weight is 258 g/mol. The van der Waals surface area contributed by atoms with Gasteiger partial charge in [-0.2, -0.15) is 0 Å². The number of primary amides is 1. The highest BCUT2D eigenvalue weighted by molar-refractivity contribution is 6.31. The van der Waals surface area contributed by atoms with Crippen molar-refractivity contribution in [1.82, 2.24) is 10.6 Å². The third kappa shape index (κ3) is 5.04. The van der Waals surface area contributed by atoms with Crippen LogP contribution in [0, 0.1) is 0 Å². The summed E-state index contributed by atoms with van der Waals surface area (Å²) in [4.78, 5) is 10.4. The van der Waals surface area contributed by atoms with E-state index in [1.807, 2.05) is 12.1 Å². The summed E-state index contributed by atoms with van der Waals surface area (Å²) in [6.45, 7) is 1.32. The Morgan fingerprint density at radius 3 is 2.76 bits per heavy atom. The van der Waals surface area contributed by atoms with Crippen molar-refractivity contribution in [1.29, 1.82) is 0 Å². The zero-order valence-electron chi connectivity index (χ0n) is 9.32. The van der Waals surface area contributed by atoms with Crippen molar-refractivity contribution < 1.29 is 9.90 Å². The van der Waals surface area contributed by atoms with E-state index in [9.17, 15) is 9.90 Å². The number of amides is 2. The third-order valence-electron chi connectivity index (χ3n) is 2.20. The Labute approximate surface area is 105 Å². The molecule has 5 N–H and O–H groups in total. The summed E-state index contributed by atoms with van der Waals surface area (Å²) in [5.41, 5.74) is 5.59. The Bertz CT molecular complexity index is 373. The number of rotatable bonds is 6. The summed E-state index contributed by atoms with van der Waals surface area (Å²) in [6.07, 6.45) is -0.669. The molecule has 0 bridgehead atoms. The van der Waals surface area contributed by atoms with Gasteiger partial charge in [0.15, 0.2) is 0 Å². The number of hydrogen-bond acceptors (Lipinski definition) is 3. The Morgan fingerprint density at radius 1 is 1.41 bits per heavy atom. The minimum absolute atomic E-state index is 0.365. The largest absolute Gasteiger partial charge is 0.387 e. The molecule has 0 aliphatic heterocycles. The summed E-state index contributed by atoms with van der Waals surface area (Å²) in [6, 6.07) is 6.57. The monoisotopic (exact) mass is 257 g/mol. The standard InChI is InChI=1S/C11H16ClN3O2/c12-9-4-2-1-3-8(9)10(16)7-14-5-6-15-11(13)17/h1-4,10,14,16H,5-7H2,(H3,13,15,17). The number of nitrogens with one attached hydrogen (secondary N) is 2. The Kier molecular flexibility index (Phi) is 5.76. The summed E-state index contributed by atoms with van der Waals surface area (Å²) >= 11 is 5.94. The van der Waals surface area contributed by atoms with Gasteiger partial charge < -0.3 is 21.5 Å². The zero-order valence-corrected chi connectivity index (χ0v) is 10.1. The minimum atomic E-state index is -0.669. The summed E-state index contributed by atoms with van der Waals surface area (Å²) < 4.78 is 0. The number of halogens is 1. The van der Waals surface area contributed by atoms with Gasteiger partial charge in [0.25, 0.3) is 0 Å². The van der Waals surface area contributed by atoms with Crippen LogP contribution < -0.4 is 16.4 Å². The molecule has 0 aromatic heterocycles. The number of hydrogen-bond donors (Lipinski definition) is 4. The summed E-state index contributed by atoms with van der Waals surface area (Å²) in [5, 5.41) is 15.8. The lowest BCUT2D eigenvalue weighted by atomic mass is 10.1. The number of benzene rings is 1. The van der Waals surface area contributed by atoms with Crippen molar-refractivity contribution in [2.75, 3.05) is 19.6 Å². The fraction of sp³-hybridized carbons (Fsp3) is 0.364. The molecule has 0 saturated heterocycles. The SMILES string of the molecule is NC(=O)NCCNCC(O)c1ccccc1Cl. The first-order valence-electron chi connectivity index (χ1n) is 5.27. The van der Waals surface area contributed by atoms with E-state index >= 15 is 0 Å². The molecule has 1 aromatic carbocycles. The zero-order chi connectivity index (χ0) is 12.7. The van der Waals surface area contributed by atoms with Gasteiger partial charge in [-0.3, -0.25) is 0 Å². The molecule has 6 heteroatoms. The van der Waals surface area contributed by atoms with Crippen LogP contribution >= 0.6 is 11.6 Å². The number of aliphatic hydroxyl groups is 1. The molecule has 1 atom stereocenters. The molecule has 0 saturated carbocycles. The molecule has 0 radical (unpaired) electrons. The molecular weight excluding hydrogens is 242 g/mol. The second-order valence-electron chi connectivity index (χ2n) is 3.53. The van der Waals surface area contributed by atoms with Crippen molar-refractivity contribution >= 4 is 17.6 Å². The molecule has 17 heavy (non-hydrogen) atoms. The first kappa shape index (κ1) is 13.8. The molecule has 2 amide bonds. The smallest absolute Gasteiger partial charge is 0.312 e. The van der Waals surface area contributed by atoms with Crippen LogP contribution in [0.1, 0.15) is 11.7 Å². The second kappa shape index (κ2) is 7.11. The predicted molar refractivity (Wildman–Crippen MR) is 66.9 cm³/mol. The van der Waals surface area contributed by atoms with E-state index in [2.05, 4.69) is 10.6 Å². The van der Waals surface area contributed by atoms with Crippen molar-refractivity contribution in [2.24, 2.45) is 5.73 Å². The van der Waals surface area contributed by atoms with E-state index in [-0.39, 0.29) is 0 Å². The molecule has 1 aromatic rings. The molecular formula is C11H16ClN3O2. The van der Waals surface area contributed by atoms with Crippen LogP contribution in [0.2, 0.25) is 5.02 Å². The molecule has 0 aliphatic rings. The van der Waals surface area contributed by atoms with Crippen molar-refractivity contribution in [3.8, 4) is 0 Å². The quantitative estimate of drug-likeness (QED) is 0.564. The maximum absolute atomic E-state index is 10.4. The number of urea groups is 1. The lowest BCUT2D eigenvalue weighted by Crippen LogP contribution is -2.36. The average Bonchev–Trinajstić information content (AvgIpc) is 2.28. The molecule has 0 spiro atoms. The fourth-order valence-electron chi connectivity index (χ4n) is 1.37. The van der Waals surface area contributed by atoms with Crippen LogP contribution in [0.5, 0.6) is 0 Å². The third-order valence-corrected chi connectivity index (χ3v) is 2.55. The van der Waals surface area contributed by atoms with Crippen molar-refractivity contribution in [3.63, 3.8) is 0 Å². The van der Waals surface area contributed by atoms with Crippen LogP contribution in [0.15, 0.2) is 24.3 Å². The van der Waals surface area contributed by atoms with Crippen LogP contribution in [-0.2, 0) is 0 Å². The minimum Gasteiger partial charge on any atom is -0.387 e. The van der Waals surface area contributed by atoms with Gasteiger partial charge in [0.2, 0.25) is 0 Å². The fourth-order valence-corrected chi connectivity index (χ4v) is 1.63. The predicted octanol–water partition coefficient (Wildman–Crippen LogP) is 0.631. The highest BCUT2D eigenvalue weighted by Gasteiger charge is 2.09. The lowest BCUT2D eigenvalue weighted by molar-refractivity contribution is 0.175. The van der Waals surface area contributed by atoms with Crippen LogP contribution in [0.3, 0.4) is 0 Å². The van der Waals surface area contributed by atoms with Gasteiger partial charge in [0.1, 0.15) is 0 Å². The number of aliphatic hydroxyl groups excluding tert-OH is 1. The molecule has 0 fully saturated rings. The van der Waals surface area contributed by atoms with Crippen LogP contribution in [0.4, 0.5) is 4.79 Å². The highest BCUT2D eigenvalue weighted by Crippen LogP contribution is 2.21. The van der Waals surface area contributed by atoms with E-state index in [1.54, 1.807) is 12.1 Å². The first-order chi connectivity index (χ1) is 8.11. The molecule has 0 aliphatic carbocycles. The maximum Gasteiger partial charge on any atom is 0.312 e. The molecule has 94 valence electrons. The Morgan fingerprint density at radius 2 is 2.12 bits per heavy atom. The summed E-state index contributed by atoms with van der Waals surface area (Å²) in [5.74, 6) is 0. The van der Waals surface area contributed by atoms with Crippen LogP contribution in [-0.4, -0.2) is 30.8 Å². The highest BCUT2D eigenvalue weighted by atomic mass is 35.5. The number of nitrogens with two attached hydrogens (primary N) is 1. The van der Waals surface area contributed by atoms with Crippen LogP contribution in [0.25, 0.3) is 0 Å². The topological polar surface area (TPSA) is 87.4 Å². The van der Waals surface area contributed by atoms with Gasteiger partial charge in [-0.25, -0.2) is 4.79 Å². The van der Waals surface area contributed by atoms with E-state index in [4.69, 9.17) is 17.3 Å². The summed E-state index contributed by atoms with van der Waals surface area (Å²) in [7, 11) is 0. The number of carbonyl (C=O) groups is 1. The van der Waals surface area contributed by atoms with E-state index in [0.717, 1.165) is 0 Å². The van der Waals surface area contributed by atoms with Crippen molar-refractivity contribution in [3.05, 3.63) is 34.9 Å². The molecule has 5 nitrogen and oxygen atoms in total. The van der Waals surface area contributed by atoms with E-state index in [0.29, 0.717) is 30.2 Å². The maximum atomic E-state index is 10.4. The van der Waals surface area contributed by atoms with E-state index in [1.165, 1.54) is 0 Å². The van der Waals surface area contributed by atoms with Gasteiger partial charge >= 0.3 is 6.03 Å². The molecule has 0 heterocycles. The molecule has 1 rings (SSSR count). The van der Waals surface area contributed by atoms with Gasteiger partial charge in [0, 0.05) is 30.2 Å². The first-order valence-corrected chi connectivity index (χ1v) is 5.65. The lowest BCUT2D eigenvalue weighted by Gasteiger charge is -2.13. The second-order valence-corrected chi connectivity index (χ2v) is 3.94. The van der Waals surface area contributed by atoms with Gasteiger partial charge in [0.05, 0.1) is 6.10 Å². The van der Waals surface area contributed by atoms with Gasteiger partial charge in [-0.15, -0.1) is 0 Å². The normalized spacial score (nSPS) is 12.1. The number of carbonyl (C=O) groups excluding carboxylic acids is 1. The Hall–Kier alpha value is -1.30. The van der Waals surface area contributed by atoms with E-state index < -0.39 is 12.1 Å². The molecule has 1 unspecified atom stereocenters. The van der Waals surface area contributed by atoms with Gasteiger partial charge in [-0.05, 0) is 6.07 Å². The Balaban J connectivity index is 2.28.